The van der Waals surface area contributed by atoms with Crippen LogP contribution < -0.4 is 0 Å². The zero-order chi connectivity index (χ0) is 18.9. The van der Waals surface area contributed by atoms with Crippen LogP contribution in [0.4, 0.5) is 0 Å². The molecular formula is C23H32N2O2. The molecule has 4 heteroatoms. The molecule has 2 atom stereocenters. The van der Waals surface area contributed by atoms with Crippen LogP contribution in [0.5, 0.6) is 0 Å². The molecule has 3 rings (SSSR count). The van der Waals surface area contributed by atoms with E-state index in [0.29, 0.717) is 13.2 Å². The first-order chi connectivity index (χ1) is 13.2. The summed E-state index contributed by atoms with van der Waals surface area (Å²) in [6, 6.07) is 20.9. The minimum atomic E-state index is -0.441. The van der Waals surface area contributed by atoms with Gasteiger partial charge in [-0.25, -0.2) is 0 Å². The predicted molar refractivity (Wildman–Crippen MR) is 110 cm³/mol. The summed E-state index contributed by atoms with van der Waals surface area (Å²) in [7, 11) is 0. The second-order valence-electron chi connectivity index (χ2n) is 7.36. The number of rotatable bonds is 9. The number of nitrogens with zero attached hydrogens (tertiary/aromatic N) is 2. The number of aliphatic hydroxyl groups is 1. The van der Waals surface area contributed by atoms with Gasteiger partial charge >= 0.3 is 0 Å². The van der Waals surface area contributed by atoms with Gasteiger partial charge in [0, 0.05) is 39.3 Å². The van der Waals surface area contributed by atoms with Crippen LogP contribution in [0.1, 0.15) is 30.6 Å². The lowest BCUT2D eigenvalue weighted by Crippen LogP contribution is -2.48. The van der Waals surface area contributed by atoms with Crippen LogP contribution in [-0.4, -0.2) is 60.3 Å². The van der Waals surface area contributed by atoms with Crippen molar-refractivity contribution in [1.29, 1.82) is 0 Å². The van der Waals surface area contributed by atoms with E-state index >= 15 is 0 Å². The Hall–Kier alpha value is -1.72. The Morgan fingerprint density at radius 1 is 0.889 bits per heavy atom. The van der Waals surface area contributed by atoms with E-state index in [9.17, 15) is 5.11 Å². The molecule has 0 radical (unpaired) electrons. The largest absolute Gasteiger partial charge is 0.389 e. The maximum Gasteiger partial charge on any atom is 0.0900 e. The first-order valence-corrected chi connectivity index (χ1v) is 10.1. The quantitative estimate of drug-likeness (QED) is 0.736. The van der Waals surface area contributed by atoms with Crippen molar-refractivity contribution in [3.05, 3.63) is 71.8 Å². The third kappa shape index (κ3) is 6.43. The highest BCUT2D eigenvalue weighted by Crippen LogP contribution is 2.20. The van der Waals surface area contributed by atoms with Crippen LogP contribution in [0.2, 0.25) is 0 Å². The summed E-state index contributed by atoms with van der Waals surface area (Å²) in [5.74, 6) is 0. The van der Waals surface area contributed by atoms with E-state index < -0.39 is 6.10 Å². The van der Waals surface area contributed by atoms with E-state index in [1.807, 2.05) is 18.2 Å². The van der Waals surface area contributed by atoms with Gasteiger partial charge in [0.05, 0.1) is 18.8 Å². The highest BCUT2D eigenvalue weighted by atomic mass is 16.5. The van der Waals surface area contributed by atoms with E-state index in [0.717, 1.165) is 39.1 Å². The first kappa shape index (κ1) is 20.0. The van der Waals surface area contributed by atoms with E-state index in [4.69, 9.17) is 4.74 Å². The molecule has 2 aromatic carbocycles. The number of aliphatic hydroxyl groups excluding tert-OH is 1. The van der Waals surface area contributed by atoms with Gasteiger partial charge in [0.25, 0.3) is 0 Å². The van der Waals surface area contributed by atoms with Gasteiger partial charge in [-0.1, -0.05) is 67.6 Å². The summed E-state index contributed by atoms with van der Waals surface area (Å²) in [5, 5.41) is 10.4. The zero-order valence-electron chi connectivity index (χ0n) is 16.3. The van der Waals surface area contributed by atoms with Crippen molar-refractivity contribution >= 4 is 0 Å². The Morgan fingerprint density at radius 2 is 1.48 bits per heavy atom. The molecule has 0 saturated carbocycles. The average Bonchev–Trinajstić information content (AvgIpc) is 2.71. The molecule has 27 heavy (non-hydrogen) atoms. The molecule has 0 aromatic heterocycles. The molecule has 0 bridgehead atoms. The third-order valence-corrected chi connectivity index (χ3v) is 5.21. The number of β-amino-alcohol motifs (C(OH)–C–C–N with tert-alkyl or cyclic N) is 1. The fourth-order valence-corrected chi connectivity index (χ4v) is 3.67. The summed E-state index contributed by atoms with van der Waals surface area (Å²) < 4.78 is 5.99. The van der Waals surface area contributed by atoms with Crippen LogP contribution in [0.15, 0.2) is 60.7 Å². The average molecular weight is 369 g/mol. The van der Waals surface area contributed by atoms with Crippen molar-refractivity contribution < 1.29 is 9.84 Å². The molecule has 0 aliphatic carbocycles. The zero-order valence-corrected chi connectivity index (χ0v) is 16.3. The van der Waals surface area contributed by atoms with Crippen LogP contribution in [0, 0.1) is 0 Å². The molecule has 1 heterocycles. The standard InChI is InChI=1S/C23H32N2O2/c1-2-23(21-11-7-4-8-12-21)27-19-22(26)18-25-15-13-24(14-16-25)17-20-9-5-3-6-10-20/h3-12,22-23,26H,2,13-19H2,1H3/t22-,23+/m1/s1. The highest BCUT2D eigenvalue weighted by molar-refractivity contribution is 5.17. The van der Waals surface area contributed by atoms with Crippen LogP contribution in [0.25, 0.3) is 0 Å². The second kappa shape index (κ2) is 10.6. The maximum atomic E-state index is 10.4. The van der Waals surface area contributed by atoms with Gasteiger partial charge in [0.2, 0.25) is 0 Å². The number of benzene rings is 2. The van der Waals surface area contributed by atoms with E-state index in [1.165, 1.54) is 11.1 Å². The maximum absolute atomic E-state index is 10.4. The van der Waals surface area contributed by atoms with Gasteiger partial charge in [-0.05, 0) is 17.5 Å². The van der Waals surface area contributed by atoms with Gasteiger partial charge in [0.1, 0.15) is 0 Å². The fourth-order valence-electron chi connectivity index (χ4n) is 3.67. The monoisotopic (exact) mass is 368 g/mol. The lowest BCUT2D eigenvalue weighted by molar-refractivity contribution is -0.0284. The highest BCUT2D eigenvalue weighted by Gasteiger charge is 2.20. The number of hydrogen-bond acceptors (Lipinski definition) is 4. The molecule has 0 unspecified atom stereocenters. The van der Waals surface area contributed by atoms with Crippen molar-refractivity contribution in [3.8, 4) is 0 Å². The van der Waals surface area contributed by atoms with Gasteiger partial charge in [-0.15, -0.1) is 0 Å². The second-order valence-corrected chi connectivity index (χ2v) is 7.36. The Labute approximate surface area is 163 Å². The molecule has 0 amide bonds. The summed E-state index contributed by atoms with van der Waals surface area (Å²) in [6.45, 7) is 8.29. The molecule has 146 valence electrons. The lowest BCUT2D eigenvalue weighted by Gasteiger charge is -2.35. The predicted octanol–water partition coefficient (Wildman–Crippen LogP) is 3.33. The molecule has 1 saturated heterocycles. The molecule has 4 nitrogen and oxygen atoms in total. The number of piperazine rings is 1. The topological polar surface area (TPSA) is 35.9 Å². The van der Waals surface area contributed by atoms with Crippen molar-refractivity contribution in [2.75, 3.05) is 39.3 Å². The molecule has 1 aliphatic rings. The third-order valence-electron chi connectivity index (χ3n) is 5.21. The smallest absolute Gasteiger partial charge is 0.0900 e. The number of hydrogen-bond donors (Lipinski definition) is 1. The summed E-state index contributed by atoms with van der Waals surface area (Å²) in [4.78, 5) is 4.83. The molecule has 1 N–H and O–H groups in total. The molecule has 1 aliphatic heterocycles. The summed E-state index contributed by atoms with van der Waals surface area (Å²) in [5.41, 5.74) is 2.55. The normalized spacial score (nSPS) is 18.3. The molecule has 1 fully saturated rings. The minimum absolute atomic E-state index is 0.0589. The van der Waals surface area contributed by atoms with Crippen molar-refractivity contribution in [2.24, 2.45) is 0 Å². The minimum Gasteiger partial charge on any atom is -0.389 e. The van der Waals surface area contributed by atoms with E-state index in [-0.39, 0.29) is 6.10 Å². The SMILES string of the molecule is CC[C@H](OC[C@H](O)CN1CCN(Cc2ccccc2)CC1)c1ccccc1. The summed E-state index contributed by atoms with van der Waals surface area (Å²) in [6.07, 6.45) is 0.529. The van der Waals surface area contributed by atoms with Crippen molar-refractivity contribution in [2.45, 2.75) is 32.1 Å². The van der Waals surface area contributed by atoms with Crippen LogP contribution in [0.3, 0.4) is 0 Å². The lowest BCUT2D eigenvalue weighted by atomic mass is 10.1. The van der Waals surface area contributed by atoms with Crippen molar-refractivity contribution in [1.82, 2.24) is 9.80 Å². The van der Waals surface area contributed by atoms with E-state index in [2.05, 4.69) is 59.2 Å². The van der Waals surface area contributed by atoms with Gasteiger partial charge in [-0.2, -0.15) is 0 Å². The van der Waals surface area contributed by atoms with Gasteiger partial charge in [-0.3, -0.25) is 9.80 Å². The Balaban J connectivity index is 1.37. The molecular weight excluding hydrogens is 336 g/mol. The fraction of sp³-hybridized carbons (Fsp3) is 0.478. The molecule has 0 spiro atoms. The van der Waals surface area contributed by atoms with Gasteiger partial charge < -0.3 is 9.84 Å². The Morgan fingerprint density at radius 3 is 2.11 bits per heavy atom. The van der Waals surface area contributed by atoms with Crippen molar-refractivity contribution in [3.63, 3.8) is 0 Å². The Bertz CT molecular complexity index is 642. The number of ether oxygens (including phenoxy) is 1. The van der Waals surface area contributed by atoms with E-state index in [1.54, 1.807) is 0 Å². The Kier molecular flexibility index (Phi) is 7.84. The van der Waals surface area contributed by atoms with Crippen LogP contribution >= 0.6 is 0 Å². The first-order valence-electron chi connectivity index (χ1n) is 10.1. The summed E-state index contributed by atoms with van der Waals surface area (Å²) >= 11 is 0. The van der Waals surface area contributed by atoms with Crippen LogP contribution in [-0.2, 0) is 11.3 Å². The van der Waals surface area contributed by atoms with Gasteiger partial charge in [0.15, 0.2) is 0 Å². The molecule has 2 aromatic rings.